The number of nitrogens with zero attached hydrogens (tertiary/aromatic N) is 1. The summed E-state index contributed by atoms with van der Waals surface area (Å²) in [5.41, 5.74) is 0.277. The maximum atomic E-state index is 12.8. The second-order valence-corrected chi connectivity index (χ2v) is 6.24. The van der Waals surface area contributed by atoms with Crippen molar-refractivity contribution in [3.8, 4) is 0 Å². The van der Waals surface area contributed by atoms with Gasteiger partial charge in [0.25, 0.3) is 11.8 Å². The number of amides is 4. The zero-order chi connectivity index (χ0) is 17.5. The van der Waals surface area contributed by atoms with E-state index in [1.165, 1.54) is 6.07 Å². The summed E-state index contributed by atoms with van der Waals surface area (Å²) in [6.07, 6.45) is 0. The Kier molecular flexibility index (Phi) is 3.89. The highest BCUT2D eigenvalue weighted by Crippen LogP contribution is 2.30. The topological polar surface area (TPSA) is 66.5 Å². The lowest BCUT2D eigenvalue weighted by atomic mass is 9.92. The van der Waals surface area contributed by atoms with Crippen LogP contribution in [0.1, 0.15) is 28.4 Å². The maximum absolute atomic E-state index is 12.8. The average molecular weight is 343 g/mol. The third kappa shape index (κ3) is 2.47. The number of halogens is 1. The number of aryl methyl sites for hydroxylation is 1. The molecule has 1 atom stereocenters. The minimum atomic E-state index is -1.27. The van der Waals surface area contributed by atoms with Gasteiger partial charge >= 0.3 is 6.03 Å². The number of imide groups is 3. The zero-order valence-electron chi connectivity index (χ0n) is 13.2. The van der Waals surface area contributed by atoms with Crippen molar-refractivity contribution < 1.29 is 14.4 Å². The summed E-state index contributed by atoms with van der Waals surface area (Å²) < 4.78 is 0. The number of carbonyl (C=O) groups excluding carboxylic acids is 3. The smallest absolute Gasteiger partial charge is 0.319 e. The van der Waals surface area contributed by atoms with Crippen molar-refractivity contribution in [2.75, 3.05) is 0 Å². The molecule has 1 fully saturated rings. The normalized spacial score (nSPS) is 20.2. The SMILES string of the molecule is Cc1cc(C(=O)N2C(=O)NC(C)(c3ccccc3)C2=O)ccc1Cl. The molecule has 2 aromatic carbocycles. The summed E-state index contributed by atoms with van der Waals surface area (Å²) in [7, 11) is 0. The third-order valence-electron chi connectivity index (χ3n) is 4.15. The molecule has 24 heavy (non-hydrogen) atoms. The number of benzene rings is 2. The molecule has 0 aliphatic carbocycles. The molecule has 0 bridgehead atoms. The van der Waals surface area contributed by atoms with Crippen LogP contribution >= 0.6 is 11.6 Å². The molecule has 0 radical (unpaired) electrons. The fourth-order valence-corrected chi connectivity index (χ4v) is 2.82. The third-order valence-corrected chi connectivity index (χ3v) is 4.57. The first kappa shape index (κ1) is 16.2. The molecule has 1 aliphatic rings. The van der Waals surface area contributed by atoms with Crippen molar-refractivity contribution in [1.82, 2.24) is 10.2 Å². The van der Waals surface area contributed by atoms with Crippen LogP contribution in [0.2, 0.25) is 5.02 Å². The Morgan fingerprint density at radius 2 is 1.79 bits per heavy atom. The highest BCUT2D eigenvalue weighted by molar-refractivity contribution is 6.31. The monoisotopic (exact) mass is 342 g/mol. The highest BCUT2D eigenvalue weighted by atomic mass is 35.5. The summed E-state index contributed by atoms with van der Waals surface area (Å²) >= 11 is 5.96. The van der Waals surface area contributed by atoms with Gasteiger partial charge in [0, 0.05) is 10.6 Å². The van der Waals surface area contributed by atoms with Crippen molar-refractivity contribution in [3.05, 3.63) is 70.2 Å². The van der Waals surface area contributed by atoms with Crippen molar-refractivity contribution >= 4 is 29.4 Å². The fourth-order valence-electron chi connectivity index (χ4n) is 2.70. The molecule has 0 saturated carbocycles. The largest absolute Gasteiger partial charge is 0.332 e. The van der Waals surface area contributed by atoms with Crippen molar-refractivity contribution in [3.63, 3.8) is 0 Å². The summed E-state index contributed by atoms with van der Waals surface area (Å²) in [5, 5.41) is 3.13. The molecule has 1 N–H and O–H groups in total. The molecule has 1 heterocycles. The van der Waals surface area contributed by atoms with Gasteiger partial charge in [-0.15, -0.1) is 0 Å². The number of rotatable bonds is 2. The van der Waals surface area contributed by atoms with Crippen molar-refractivity contribution in [1.29, 1.82) is 0 Å². The van der Waals surface area contributed by atoms with Gasteiger partial charge in [-0.05, 0) is 43.2 Å². The highest BCUT2D eigenvalue weighted by Gasteiger charge is 2.51. The summed E-state index contributed by atoms with van der Waals surface area (Å²) in [6, 6.07) is 12.7. The number of urea groups is 1. The Labute approximate surface area is 144 Å². The van der Waals surface area contributed by atoms with E-state index in [1.807, 2.05) is 6.07 Å². The molecule has 0 spiro atoms. The molecule has 4 amide bonds. The van der Waals surface area contributed by atoms with E-state index < -0.39 is 23.4 Å². The van der Waals surface area contributed by atoms with Gasteiger partial charge in [0.05, 0.1) is 0 Å². The van der Waals surface area contributed by atoms with Crippen molar-refractivity contribution in [2.45, 2.75) is 19.4 Å². The van der Waals surface area contributed by atoms with Crippen LogP contribution in [-0.2, 0) is 10.3 Å². The summed E-state index contributed by atoms with van der Waals surface area (Å²) in [5.74, 6) is -1.27. The van der Waals surface area contributed by atoms with E-state index in [2.05, 4.69) is 5.32 Å². The molecule has 6 heteroatoms. The zero-order valence-corrected chi connectivity index (χ0v) is 13.9. The lowest BCUT2D eigenvalue weighted by molar-refractivity contribution is -0.129. The van der Waals surface area contributed by atoms with Gasteiger partial charge in [-0.2, -0.15) is 4.90 Å². The second kappa shape index (κ2) is 5.76. The first-order chi connectivity index (χ1) is 11.3. The Morgan fingerprint density at radius 1 is 1.12 bits per heavy atom. The van der Waals surface area contributed by atoms with E-state index >= 15 is 0 Å². The van der Waals surface area contributed by atoms with Gasteiger partial charge in [-0.3, -0.25) is 9.59 Å². The molecule has 0 aromatic heterocycles. The number of carbonyl (C=O) groups is 3. The quantitative estimate of drug-likeness (QED) is 0.673. The number of hydrogen-bond donors (Lipinski definition) is 1. The van der Waals surface area contributed by atoms with Gasteiger partial charge in [0.1, 0.15) is 5.54 Å². The minimum Gasteiger partial charge on any atom is -0.319 e. The van der Waals surface area contributed by atoms with Crippen LogP contribution in [0.3, 0.4) is 0 Å². The van der Waals surface area contributed by atoms with Crippen LogP contribution in [0.25, 0.3) is 0 Å². The van der Waals surface area contributed by atoms with E-state index in [9.17, 15) is 14.4 Å². The Morgan fingerprint density at radius 3 is 2.42 bits per heavy atom. The standard InChI is InChI=1S/C18H15ClN2O3/c1-11-10-12(8-9-14(11)19)15(22)21-16(23)18(2,20-17(21)24)13-6-4-3-5-7-13/h3-10H,1-2H3,(H,20,24). The fraction of sp³-hybridized carbons (Fsp3) is 0.167. The number of hydrogen-bond acceptors (Lipinski definition) is 3. The molecule has 1 aliphatic heterocycles. The lowest BCUT2D eigenvalue weighted by Gasteiger charge is -2.21. The molecule has 1 saturated heterocycles. The Hall–Kier alpha value is -2.66. The van der Waals surface area contributed by atoms with Crippen molar-refractivity contribution in [2.24, 2.45) is 0 Å². The minimum absolute atomic E-state index is 0.234. The average Bonchev–Trinajstić information content (AvgIpc) is 2.80. The predicted octanol–water partition coefficient (Wildman–Crippen LogP) is 3.26. The van der Waals surface area contributed by atoms with Crippen LogP contribution in [0.5, 0.6) is 0 Å². The molecule has 122 valence electrons. The maximum Gasteiger partial charge on any atom is 0.332 e. The summed E-state index contributed by atoms with van der Waals surface area (Å²) in [6.45, 7) is 3.34. The lowest BCUT2D eigenvalue weighted by Crippen LogP contribution is -2.42. The van der Waals surface area contributed by atoms with E-state index in [0.717, 1.165) is 0 Å². The van der Waals surface area contributed by atoms with Crippen LogP contribution in [0.15, 0.2) is 48.5 Å². The van der Waals surface area contributed by atoms with E-state index in [4.69, 9.17) is 11.6 Å². The molecular formula is C18H15ClN2O3. The van der Waals surface area contributed by atoms with E-state index in [-0.39, 0.29) is 5.56 Å². The first-order valence-corrected chi connectivity index (χ1v) is 7.75. The molecule has 2 aromatic rings. The number of nitrogens with one attached hydrogen (secondary N) is 1. The van der Waals surface area contributed by atoms with Gasteiger partial charge < -0.3 is 5.32 Å². The van der Waals surface area contributed by atoms with Crippen LogP contribution in [0, 0.1) is 6.92 Å². The summed E-state index contributed by atoms with van der Waals surface area (Å²) in [4.78, 5) is 38.4. The van der Waals surface area contributed by atoms with Gasteiger partial charge in [0.15, 0.2) is 0 Å². The predicted molar refractivity (Wildman–Crippen MR) is 89.7 cm³/mol. The molecule has 5 nitrogen and oxygen atoms in total. The van der Waals surface area contributed by atoms with E-state index in [0.29, 0.717) is 21.0 Å². The first-order valence-electron chi connectivity index (χ1n) is 7.37. The van der Waals surface area contributed by atoms with Gasteiger partial charge in [0.2, 0.25) is 0 Å². The second-order valence-electron chi connectivity index (χ2n) is 5.83. The molecule has 3 rings (SSSR count). The van der Waals surface area contributed by atoms with Crippen LogP contribution < -0.4 is 5.32 Å². The Bertz CT molecular complexity index is 851. The molecular weight excluding hydrogens is 328 g/mol. The van der Waals surface area contributed by atoms with Crippen LogP contribution in [-0.4, -0.2) is 22.7 Å². The van der Waals surface area contributed by atoms with Gasteiger partial charge in [-0.1, -0.05) is 41.9 Å². The molecule has 1 unspecified atom stereocenters. The Balaban J connectivity index is 1.97. The van der Waals surface area contributed by atoms with E-state index in [1.54, 1.807) is 50.2 Å². The van der Waals surface area contributed by atoms with Crippen LogP contribution in [0.4, 0.5) is 4.79 Å². The van der Waals surface area contributed by atoms with Gasteiger partial charge in [-0.25, -0.2) is 4.79 Å².